The molecule has 0 saturated carbocycles. The highest BCUT2D eigenvalue weighted by Gasteiger charge is 2.48. The van der Waals surface area contributed by atoms with E-state index in [0.717, 1.165) is 25.9 Å². The van der Waals surface area contributed by atoms with E-state index in [1.807, 2.05) is 7.05 Å². The molecular formula is C13H23N5O5S. The van der Waals surface area contributed by atoms with Gasteiger partial charge in [0.25, 0.3) is 0 Å². The standard InChI is InChI=1S/C13H23N5O5S/c1-16-6-2-3-9(7-16)15-12(14)11-5-4-10-8-17(11)13(19)18(10)23-24(20,21)22/h9-11H,2-8H2,1H3,(H2,14,15)(H,20,21,22)/t9-,10+,11-/m0/s1. The molecule has 136 valence electrons. The first kappa shape index (κ1) is 17.4. The van der Waals surface area contributed by atoms with Gasteiger partial charge in [0.05, 0.1) is 12.1 Å². The van der Waals surface area contributed by atoms with Gasteiger partial charge in [-0.2, -0.15) is 13.5 Å². The summed E-state index contributed by atoms with van der Waals surface area (Å²) in [6.45, 7) is 2.18. The summed E-state index contributed by atoms with van der Waals surface area (Å²) in [6.07, 6.45) is 3.11. The summed E-state index contributed by atoms with van der Waals surface area (Å²) in [5.74, 6) is 0.274. The van der Waals surface area contributed by atoms with Crippen molar-refractivity contribution in [3.63, 3.8) is 0 Å². The fraction of sp³-hybridized carbons (Fsp3) is 0.846. The Hall–Kier alpha value is -1.43. The minimum Gasteiger partial charge on any atom is -0.368 e. The Balaban J connectivity index is 1.64. The molecule has 3 aliphatic rings. The highest BCUT2D eigenvalue weighted by molar-refractivity contribution is 7.80. The van der Waals surface area contributed by atoms with Gasteiger partial charge in [0.2, 0.25) is 0 Å². The van der Waals surface area contributed by atoms with E-state index in [-0.39, 0.29) is 18.4 Å². The Morgan fingerprint density at radius 2 is 2.08 bits per heavy atom. The van der Waals surface area contributed by atoms with E-state index in [0.29, 0.717) is 17.9 Å². The third-order valence-electron chi connectivity index (χ3n) is 4.81. The highest BCUT2D eigenvalue weighted by atomic mass is 32.3. The van der Waals surface area contributed by atoms with Gasteiger partial charge in [-0.25, -0.2) is 4.79 Å². The Morgan fingerprint density at radius 1 is 1.33 bits per heavy atom. The third-order valence-corrected chi connectivity index (χ3v) is 5.16. The van der Waals surface area contributed by atoms with Crippen LogP contribution in [-0.2, 0) is 14.7 Å². The molecule has 0 spiro atoms. The number of carbonyl (C=O) groups excluding carboxylic acids is 1. The number of amides is 2. The van der Waals surface area contributed by atoms with E-state index in [1.54, 1.807) is 0 Å². The summed E-state index contributed by atoms with van der Waals surface area (Å²) in [4.78, 5) is 16.0. The summed E-state index contributed by atoms with van der Waals surface area (Å²) in [5.41, 5.74) is 0. The zero-order chi connectivity index (χ0) is 17.5. The maximum Gasteiger partial charge on any atom is 0.418 e. The van der Waals surface area contributed by atoms with Gasteiger partial charge < -0.3 is 15.1 Å². The molecule has 0 aromatic carbocycles. The van der Waals surface area contributed by atoms with Gasteiger partial charge in [-0.15, -0.1) is 4.28 Å². The van der Waals surface area contributed by atoms with E-state index in [2.05, 4.69) is 14.5 Å². The molecule has 0 unspecified atom stereocenters. The molecule has 3 heterocycles. The number of rotatable bonds is 4. The van der Waals surface area contributed by atoms with E-state index in [1.165, 1.54) is 4.90 Å². The van der Waals surface area contributed by atoms with Crippen LogP contribution in [0.3, 0.4) is 0 Å². The van der Waals surface area contributed by atoms with Crippen LogP contribution in [0.25, 0.3) is 0 Å². The Kier molecular flexibility index (Phi) is 4.69. The van der Waals surface area contributed by atoms with Crippen LogP contribution in [0.1, 0.15) is 25.7 Å². The molecule has 0 aromatic heterocycles. The number of piperidine rings is 2. The normalized spacial score (nSPS) is 31.4. The second kappa shape index (κ2) is 6.47. The van der Waals surface area contributed by atoms with Crippen molar-refractivity contribution < 1.29 is 22.0 Å². The van der Waals surface area contributed by atoms with Gasteiger partial charge in [-0.1, -0.05) is 0 Å². The molecular weight excluding hydrogens is 338 g/mol. The van der Waals surface area contributed by atoms with Crippen LogP contribution in [0.15, 0.2) is 0 Å². The van der Waals surface area contributed by atoms with Gasteiger partial charge in [-0.3, -0.25) is 9.96 Å². The Bertz CT molecular complexity index is 626. The second-order valence-electron chi connectivity index (χ2n) is 6.67. The van der Waals surface area contributed by atoms with Crippen molar-refractivity contribution >= 4 is 22.3 Å². The third kappa shape index (κ3) is 3.63. The lowest BCUT2D eigenvalue weighted by Crippen LogP contribution is -2.54. The molecule has 0 aliphatic carbocycles. The van der Waals surface area contributed by atoms with Crippen molar-refractivity contribution in [2.75, 3.05) is 26.7 Å². The monoisotopic (exact) mass is 361 g/mol. The fourth-order valence-corrected chi connectivity index (χ4v) is 4.12. The van der Waals surface area contributed by atoms with Crippen LogP contribution in [-0.4, -0.2) is 84.5 Å². The van der Waals surface area contributed by atoms with Crippen LogP contribution >= 0.6 is 0 Å². The average Bonchev–Trinajstić information content (AvgIpc) is 2.71. The van der Waals surface area contributed by atoms with Crippen molar-refractivity contribution in [3.8, 4) is 0 Å². The molecule has 3 N–H and O–H groups in total. The molecule has 0 radical (unpaired) electrons. The summed E-state index contributed by atoms with van der Waals surface area (Å²) in [5, 5.41) is 12.2. The van der Waals surface area contributed by atoms with Crippen molar-refractivity contribution in [2.45, 2.75) is 43.8 Å². The molecule has 10 nitrogen and oxygen atoms in total. The molecule has 3 atom stereocenters. The number of hydrogen-bond acceptors (Lipinski definition) is 6. The lowest BCUT2D eigenvalue weighted by Gasteiger charge is -2.35. The number of carbonyl (C=O) groups is 1. The zero-order valence-corrected chi connectivity index (χ0v) is 14.3. The minimum atomic E-state index is -4.74. The van der Waals surface area contributed by atoms with Crippen LogP contribution in [0, 0.1) is 5.41 Å². The second-order valence-corrected chi connectivity index (χ2v) is 7.67. The molecule has 11 heteroatoms. The summed E-state index contributed by atoms with van der Waals surface area (Å²) < 4.78 is 35.0. The van der Waals surface area contributed by atoms with E-state index in [9.17, 15) is 13.2 Å². The molecule has 3 aliphatic heterocycles. The number of fused-ring (bicyclic) bond motifs is 2. The molecule has 24 heavy (non-hydrogen) atoms. The summed E-state index contributed by atoms with van der Waals surface area (Å²) in [6, 6.07) is -1.30. The van der Waals surface area contributed by atoms with Crippen molar-refractivity contribution in [1.29, 1.82) is 5.41 Å². The van der Waals surface area contributed by atoms with Gasteiger partial charge in [0.15, 0.2) is 0 Å². The number of likely N-dealkylation sites (tertiary alicyclic amines) is 1. The van der Waals surface area contributed by atoms with Crippen LogP contribution in [0.5, 0.6) is 0 Å². The van der Waals surface area contributed by atoms with Crippen molar-refractivity contribution in [3.05, 3.63) is 0 Å². The van der Waals surface area contributed by atoms with Crippen molar-refractivity contribution in [2.24, 2.45) is 0 Å². The smallest absolute Gasteiger partial charge is 0.368 e. The molecule has 2 amide bonds. The Labute approximate surface area is 141 Å². The molecule has 3 rings (SSSR count). The zero-order valence-electron chi connectivity index (χ0n) is 13.5. The first-order valence-electron chi connectivity index (χ1n) is 8.05. The van der Waals surface area contributed by atoms with Gasteiger partial charge in [0, 0.05) is 19.1 Å². The minimum absolute atomic E-state index is 0.178. The first-order valence-corrected chi connectivity index (χ1v) is 9.41. The Morgan fingerprint density at radius 3 is 2.75 bits per heavy atom. The van der Waals surface area contributed by atoms with E-state index < -0.39 is 28.5 Å². The largest absolute Gasteiger partial charge is 0.418 e. The van der Waals surface area contributed by atoms with Crippen molar-refractivity contribution in [1.82, 2.24) is 20.2 Å². The van der Waals surface area contributed by atoms with E-state index >= 15 is 0 Å². The lowest BCUT2D eigenvalue weighted by molar-refractivity contribution is -0.0316. The first-order chi connectivity index (χ1) is 11.2. The molecule has 0 aromatic rings. The van der Waals surface area contributed by atoms with Crippen LogP contribution in [0.4, 0.5) is 4.79 Å². The highest BCUT2D eigenvalue weighted by Crippen LogP contribution is 2.30. The number of nitrogens with zero attached hydrogens (tertiary/aromatic N) is 3. The number of hydrogen-bond donors (Lipinski definition) is 3. The van der Waals surface area contributed by atoms with Gasteiger partial charge in [0.1, 0.15) is 5.84 Å². The number of likely N-dealkylation sites (N-methyl/N-ethyl adjacent to an activating group) is 1. The van der Waals surface area contributed by atoms with Crippen LogP contribution < -0.4 is 5.32 Å². The van der Waals surface area contributed by atoms with Gasteiger partial charge >= 0.3 is 16.4 Å². The maximum atomic E-state index is 12.3. The predicted octanol–water partition coefficient (Wildman–Crippen LogP) is -0.350. The number of urea groups is 1. The summed E-state index contributed by atoms with van der Waals surface area (Å²) in [7, 11) is -2.70. The topological polar surface area (TPSA) is 126 Å². The molecule has 3 fully saturated rings. The molecule has 3 saturated heterocycles. The number of hydroxylamine groups is 2. The number of amidine groups is 1. The van der Waals surface area contributed by atoms with Gasteiger partial charge in [-0.05, 0) is 39.3 Å². The van der Waals surface area contributed by atoms with Crippen LogP contribution in [0.2, 0.25) is 0 Å². The fourth-order valence-electron chi connectivity index (χ4n) is 3.73. The lowest BCUT2D eigenvalue weighted by atomic mass is 9.99. The average molecular weight is 361 g/mol. The molecule has 2 bridgehead atoms. The SMILES string of the molecule is CN1CCC[C@H](NC(=N)[C@@H]2CC[C@@H]3CN2C(=O)N3OS(=O)(=O)O)C1. The summed E-state index contributed by atoms with van der Waals surface area (Å²) >= 11 is 0. The number of nitrogens with one attached hydrogen (secondary N) is 2. The maximum absolute atomic E-state index is 12.3. The predicted molar refractivity (Wildman–Crippen MR) is 84.8 cm³/mol. The van der Waals surface area contributed by atoms with E-state index in [4.69, 9.17) is 9.96 Å². The quantitative estimate of drug-likeness (QED) is 0.355.